The van der Waals surface area contributed by atoms with Crippen molar-refractivity contribution in [2.75, 3.05) is 19.6 Å². The average molecular weight is 389 g/mol. The Balaban J connectivity index is 1.53. The van der Waals surface area contributed by atoms with E-state index >= 15 is 0 Å². The third-order valence-electron chi connectivity index (χ3n) is 4.82. The summed E-state index contributed by atoms with van der Waals surface area (Å²) in [6.07, 6.45) is 2.23. The van der Waals surface area contributed by atoms with Crippen molar-refractivity contribution in [3.8, 4) is 5.69 Å². The summed E-state index contributed by atoms with van der Waals surface area (Å²) in [5, 5.41) is 12.7. The Morgan fingerprint density at radius 2 is 2.35 bits per heavy atom. The number of fused-ring (bicyclic) bond motifs is 1. The average Bonchev–Trinajstić information content (AvgIpc) is 3.33. The second-order valence-electron chi connectivity index (χ2n) is 6.71. The van der Waals surface area contributed by atoms with Crippen LogP contribution in [-0.4, -0.2) is 35.3 Å². The van der Waals surface area contributed by atoms with Crippen LogP contribution in [0.2, 0.25) is 5.02 Å². The first-order valence-electron chi connectivity index (χ1n) is 8.86. The van der Waals surface area contributed by atoms with Crippen molar-refractivity contribution in [1.29, 1.82) is 0 Å². The molecule has 0 aliphatic carbocycles. The lowest BCUT2D eigenvalue weighted by molar-refractivity contribution is 0.0956. The number of hydrogen-bond donors (Lipinski definition) is 2. The van der Waals surface area contributed by atoms with Crippen molar-refractivity contribution in [2.45, 2.75) is 19.8 Å². The highest BCUT2D eigenvalue weighted by molar-refractivity contribution is 7.20. The van der Waals surface area contributed by atoms with Crippen molar-refractivity contribution < 1.29 is 4.79 Å². The van der Waals surface area contributed by atoms with E-state index in [0.717, 1.165) is 52.5 Å². The lowest BCUT2D eigenvalue weighted by Crippen LogP contribution is -2.25. The van der Waals surface area contributed by atoms with Gasteiger partial charge < -0.3 is 10.6 Å². The molecule has 5 nitrogen and oxygen atoms in total. The minimum Gasteiger partial charge on any atom is -0.351 e. The molecular weight excluding hydrogens is 368 g/mol. The van der Waals surface area contributed by atoms with Gasteiger partial charge in [-0.1, -0.05) is 17.7 Å². The monoisotopic (exact) mass is 388 g/mol. The van der Waals surface area contributed by atoms with Crippen molar-refractivity contribution in [3.63, 3.8) is 0 Å². The van der Waals surface area contributed by atoms with E-state index in [1.807, 2.05) is 41.9 Å². The first-order valence-corrected chi connectivity index (χ1v) is 10.1. The Labute approximate surface area is 161 Å². The third-order valence-corrected chi connectivity index (χ3v) is 6.17. The van der Waals surface area contributed by atoms with Gasteiger partial charge in [-0.25, -0.2) is 4.68 Å². The van der Waals surface area contributed by atoms with Crippen LogP contribution in [0.5, 0.6) is 0 Å². The number of aromatic nitrogens is 2. The number of benzene rings is 1. The largest absolute Gasteiger partial charge is 0.351 e. The maximum Gasteiger partial charge on any atom is 0.261 e. The molecular formula is C19H21ClN4OS. The van der Waals surface area contributed by atoms with Crippen LogP contribution in [0.15, 0.2) is 30.3 Å². The van der Waals surface area contributed by atoms with E-state index in [2.05, 4.69) is 15.7 Å². The summed E-state index contributed by atoms with van der Waals surface area (Å²) in [7, 11) is 0. The summed E-state index contributed by atoms with van der Waals surface area (Å²) >= 11 is 7.58. The molecule has 1 aliphatic rings. The van der Waals surface area contributed by atoms with Gasteiger partial charge in [0, 0.05) is 17.0 Å². The molecule has 1 amide bonds. The fourth-order valence-corrected chi connectivity index (χ4v) is 4.66. The van der Waals surface area contributed by atoms with Crippen molar-refractivity contribution >= 4 is 39.1 Å². The Bertz CT molecular complexity index is 942. The second kappa shape index (κ2) is 7.39. The maximum absolute atomic E-state index is 12.5. The zero-order valence-corrected chi connectivity index (χ0v) is 16.2. The third kappa shape index (κ3) is 3.49. The SMILES string of the molecule is Cc1nn(-c2cccc(Cl)c2)c2sc(C(=O)NCCC3CCNC3)cc12. The van der Waals surface area contributed by atoms with Crippen LogP contribution in [-0.2, 0) is 0 Å². The molecule has 1 saturated heterocycles. The molecule has 2 N–H and O–H groups in total. The van der Waals surface area contributed by atoms with E-state index in [-0.39, 0.29) is 5.91 Å². The highest BCUT2D eigenvalue weighted by Gasteiger charge is 2.18. The molecule has 7 heteroatoms. The van der Waals surface area contributed by atoms with Crippen LogP contribution in [0.4, 0.5) is 0 Å². The Morgan fingerprint density at radius 1 is 1.46 bits per heavy atom. The zero-order chi connectivity index (χ0) is 18.1. The van der Waals surface area contributed by atoms with Gasteiger partial charge >= 0.3 is 0 Å². The molecule has 1 unspecified atom stereocenters. The summed E-state index contributed by atoms with van der Waals surface area (Å²) in [5.41, 5.74) is 1.81. The topological polar surface area (TPSA) is 59.0 Å². The van der Waals surface area contributed by atoms with Crippen LogP contribution in [0.1, 0.15) is 28.2 Å². The van der Waals surface area contributed by atoms with Crippen molar-refractivity contribution in [1.82, 2.24) is 20.4 Å². The Hall–Kier alpha value is -1.89. The van der Waals surface area contributed by atoms with Gasteiger partial charge in [0.1, 0.15) is 4.83 Å². The molecule has 3 aromatic rings. The number of rotatable bonds is 5. The van der Waals surface area contributed by atoms with Gasteiger partial charge in [0.15, 0.2) is 0 Å². The number of nitrogens with zero attached hydrogens (tertiary/aromatic N) is 2. The number of halogens is 1. The zero-order valence-electron chi connectivity index (χ0n) is 14.6. The first kappa shape index (κ1) is 17.5. The van der Waals surface area contributed by atoms with Crippen LogP contribution >= 0.6 is 22.9 Å². The molecule has 4 rings (SSSR count). The lowest BCUT2D eigenvalue weighted by atomic mass is 10.1. The Morgan fingerprint density at radius 3 is 3.12 bits per heavy atom. The van der Waals surface area contributed by atoms with E-state index in [1.54, 1.807) is 0 Å². The molecule has 1 aliphatic heterocycles. The number of carbonyl (C=O) groups is 1. The molecule has 136 valence electrons. The fourth-order valence-electron chi connectivity index (χ4n) is 3.38. The molecule has 1 fully saturated rings. The smallest absolute Gasteiger partial charge is 0.261 e. The maximum atomic E-state index is 12.5. The van der Waals surface area contributed by atoms with E-state index in [4.69, 9.17) is 11.6 Å². The van der Waals surface area contributed by atoms with Crippen molar-refractivity contribution in [3.05, 3.63) is 45.9 Å². The van der Waals surface area contributed by atoms with Gasteiger partial charge in [0.25, 0.3) is 5.91 Å². The van der Waals surface area contributed by atoms with Crippen LogP contribution in [0, 0.1) is 12.8 Å². The summed E-state index contributed by atoms with van der Waals surface area (Å²) in [4.78, 5) is 14.2. The Kier molecular flexibility index (Phi) is 4.98. The molecule has 3 heterocycles. The van der Waals surface area contributed by atoms with Crippen molar-refractivity contribution in [2.24, 2.45) is 5.92 Å². The van der Waals surface area contributed by atoms with Crippen LogP contribution in [0.3, 0.4) is 0 Å². The molecule has 2 aromatic heterocycles. The first-order chi connectivity index (χ1) is 12.6. The van der Waals surface area contributed by atoms with E-state index in [1.165, 1.54) is 17.8 Å². The number of nitrogens with one attached hydrogen (secondary N) is 2. The summed E-state index contributed by atoms with van der Waals surface area (Å²) in [5.74, 6) is 0.672. The minimum atomic E-state index is -0.00537. The predicted molar refractivity (Wildman–Crippen MR) is 107 cm³/mol. The van der Waals surface area contributed by atoms with Gasteiger partial charge in [-0.15, -0.1) is 11.3 Å². The van der Waals surface area contributed by atoms with E-state index in [9.17, 15) is 4.79 Å². The van der Waals surface area contributed by atoms with Gasteiger partial charge in [-0.2, -0.15) is 5.10 Å². The molecule has 0 radical (unpaired) electrons. The molecule has 26 heavy (non-hydrogen) atoms. The summed E-state index contributed by atoms with van der Waals surface area (Å²) in [6.45, 7) is 4.84. The molecule has 1 aromatic carbocycles. The second-order valence-corrected chi connectivity index (χ2v) is 8.18. The van der Waals surface area contributed by atoms with E-state index in [0.29, 0.717) is 10.9 Å². The highest BCUT2D eigenvalue weighted by atomic mass is 35.5. The number of aryl methyl sites for hydroxylation is 1. The predicted octanol–water partition coefficient (Wildman–Crippen LogP) is 3.78. The molecule has 1 atom stereocenters. The quantitative estimate of drug-likeness (QED) is 0.699. The minimum absolute atomic E-state index is 0.00537. The molecule has 0 spiro atoms. The fraction of sp³-hybridized carbons (Fsp3) is 0.368. The summed E-state index contributed by atoms with van der Waals surface area (Å²) in [6, 6.07) is 9.52. The number of thiophene rings is 1. The number of carbonyl (C=O) groups excluding carboxylic acids is 1. The summed E-state index contributed by atoms with van der Waals surface area (Å²) < 4.78 is 1.86. The standard InChI is InChI=1S/C19H21ClN4OS/c1-12-16-10-17(18(25)22-8-6-13-5-7-21-11-13)26-19(16)24(23-12)15-4-2-3-14(20)9-15/h2-4,9-10,13,21H,5-8,11H2,1H3,(H,22,25). The van der Waals surface area contributed by atoms with Gasteiger partial charge in [-0.05, 0) is 63.0 Å². The van der Waals surface area contributed by atoms with Crippen LogP contribution < -0.4 is 10.6 Å². The van der Waals surface area contributed by atoms with Crippen LogP contribution in [0.25, 0.3) is 15.9 Å². The highest BCUT2D eigenvalue weighted by Crippen LogP contribution is 2.31. The molecule has 0 saturated carbocycles. The lowest BCUT2D eigenvalue weighted by Gasteiger charge is -2.08. The van der Waals surface area contributed by atoms with Gasteiger partial charge in [0.05, 0.1) is 16.3 Å². The number of hydrogen-bond acceptors (Lipinski definition) is 4. The van der Waals surface area contributed by atoms with Gasteiger partial charge in [-0.3, -0.25) is 4.79 Å². The normalized spacial score (nSPS) is 17.1. The molecule has 0 bridgehead atoms. The van der Waals surface area contributed by atoms with E-state index < -0.39 is 0 Å². The number of amides is 1. The van der Waals surface area contributed by atoms with Gasteiger partial charge in [0.2, 0.25) is 0 Å².